The number of aliphatic hydroxyl groups is 1. The lowest BCUT2D eigenvalue weighted by Gasteiger charge is -2.41. The fourth-order valence-electron chi connectivity index (χ4n) is 8.83. The minimum Gasteiger partial charge on any atom is -0.391 e. The monoisotopic (exact) mass is 800 g/mol. The Labute approximate surface area is 343 Å². The second-order valence-corrected chi connectivity index (χ2v) is 17.8. The number of piperidine rings is 1. The van der Waals surface area contributed by atoms with Crippen LogP contribution in [-0.4, -0.2) is 128 Å². The number of rotatable bonds is 23. The molecule has 5 atom stereocenters. The summed E-state index contributed by atoms with van der Waals surface area (Å²) in [6.07, 6.45) is 9.91. The Morgan fingerprint density at radius 3 is 2.26 bits per heavy atom. The molecule has 3 amide bonds. The van der Waals surface area contributed by atoms with Crippen LogP contribution < -0.4 is 16.0 Å². The van der Waals surface area contributed by atoms with Crippen LogP contribution >= 0.6 is 0 Å². The number of methoxy groups -OCH3 is 1. The minimum atomic E-state index is -0.906. The number of benzene rings is 1. The molecule has 57 heavy (non-hydrogen) atoms. The number of hydrogen-bond donors (Lipinski definition) is 4. The molecule has 324 valence electrons. The van der Waals surface area contributed by atoms with Crippen molar-refractivity contribution in [3.05, 3.63) is 35.9 Å². The highest BCUT2D eigenvalue weighted by atomic mass is 16.7. The molecule has 1 aromatic carbocycles. The van der Waals surface area contributed by atoms with Crippen LogP contribution in [0.4, 0.5) is 0 Å². The molecular formula is C45H77N5O7. The van der Waals surface area contributed by atoms with Gasteiger partial charge in [-0.05, 0) is 69.8 Å². The van der Waals surface area contributed by atoms with Crippen LogP contribution in [0.5, 0.6) is 0 Å². The van der Waals surface area contributed by atoms with Crippen molar-refractivity contribution in [3.8, 4) is 0 Å². The summed E-state index contributed by atoms with van der Waals surface area (Å²) in [6, 6.07) is 8.22. The first-order chi connectivity index (χ1) is 27.4. The van der Waals surface area contributed by atoms with Gasteiger partial charge in [0.25, 0.3) is 0 Å². The van der Waals surface area contributed by atoms with Crippen LogP contribution in [0, 0.1) is 17.8 Å². The number of aliphatic hydroxyl groups excluding tert-OH is 1. The summed E-state index contributed by atoms with van der Waals surface area (Å²) >= 11 is 0. The molecule has 1 aromatic rings. The molecule has 1 saturated carbocycles. The molecule has 1 aliphatic carbocycles. The Bertz CT molecular complexity index is 1310. The standard InChI is InChI=1S/C45H77N5O7/c1-7-8-19-38(47-40(29-35-17-13-10-14-18-35)44(54)49-22-20-36(21-23-49)57-32-55-6)43(53)48-39(28-34-15-11-9-12-16-34)41(51)30-37(33(2)3)42(52)46-31-45(4,5)50-24-26-56-27-25-50/h10,13-14,17-18,33-34,36-41,47,51H,7-9,11-12,15-16,19-32H2,1-6H3,(H,46,52)(H,48,53)/t37-,38-,39-,40-,41-/m0/s1. The Hall–Kier alpha value is -2.61. The fourth-order valence-corrected chi connectivity index (χ4v) is 8.83. The molecule has 3 aliphatic rings. The lowest BCUT2D eigenvalue weighted by Crippen LogP contribution is -2.58. The number of hydrogen-bond acceptors (Lipinski definition) is 9. The maximum Gasteiger partial charge on any atom is 0.240 e. The van der Waals surface area contributed by atoms with Gasteiger partial charge in [0.15, 0.2) is 0 Å². The summed E-state index contributed by atoms with van der Waals surface area (Å²) in [5, 5.41) is 22.1. The third-order valence-corrected chi connectivity index (χ3v) is 12.6. The van der Waals surface area contributed by atoms with E-state index in [-0.39, 0.29) is 48.5 Å². The van der Waals surface area contributed by atoms with Crippen molar-refractivity contribution < 1.29 is 33.7 Å². The van der Waals surface area contributed by atoms with Crippen LogP contribution in [-0.2, 0) is 35.0 Å². The van der Waals surface area contributed by atoms with Gasteiger partial charge in [0, 0.05) is 51.3 Å². The fraction of sp³-hybridized carbons (Fsp3) is 0.800. The highest BCUT2D eigenvalue weighted by Gasteiger charge is 2.37. The van der Waals surface area contributed by atoms with E-state index in [1.165, 1.54) is 6.42 Å². The van der Waals surface area contributed by atoms with Gasteiger partial charge in [-0.2, -0.15) is 0 Å². The van der Waals surface area contributed by atoms with Crippen molar-refractivity contribution in [2.24, 2.45) is 17.8 Å². The third-order valence-electron chi connectivity index (χ3n) is 12.6. The van der Waals surface area contributed by atoms with Crippen molar-refractivity contribution >= 4 is 17.7 Å². The van der Waals surface area contributed by atoms with Crippen LogP contribution in [0.25, 0.3) is 0 Å². The van der Waals surface area contributed by atoms with Crippen molar-refractivity contribution in [2.45, 2.75) is 154 Å². The summed E-state index contributed by atoms with van der Waals surface area (Å²) in [5.41, 5.74) is 0.792. The minimum absolute atomic E-state index is 0.00230. The van der Waals surface area contributed by atoms with Gasteiger partial charge in [-0.3, -0.25) is 24.6 Å². The molecule has 0 radical (unpaired) electrons. The van der Waals surface area contributed by atoms with E-state index in [0.717, 1.165) is 70.0 Å². The molecule has 2 saturated heterocycles. The van der Waals surface area contributed by atoms with E-state index >= 15 is 0 Å². The predicted molar refractivity (Wildman–Crippen MR) is 225 cm³/mol. The normalized spacial score (nSPS) is 20.5. The molecule has 4 rings (SSSR count). The summed E-state index contributed by atoms with van der Waals surface area (Å²) in [5.74, 6) is -0.301. The lowest BCUT2D eigenvalue weighted by atomic mass is 9.81. The average Bonchev–Trinajstić information content (AvgIpc) is 3.22. The van der Waals surface area contributed by atoms with Gasteiger partial charge in [0.05, 0.1) is 43.5 Å². The molecule has 4 N–H and O–H groups in total. The summed E-state index contributed by atoms with van der Waals surface area (Å²) in [4.78, 5) is 46.9. The van der Waals surface area contributed by atoms with E-state index in [1.54, 1.807) is 7.11 Å². The molecule has 2 aliphatic heterocycles. The SMILES string of the molecule is CCCC[C@H](N[C@@H](Cc1ccccc1)C(=O)N1CCC(OCOC)CC1)C(=O)N[C@@H](CC1CCCCC1)[C@@H](O)C[C@H](C(=O)NCC(C)(C)N1CCOCC1)C(C)C. The molecule has 3 fully saturated rings. The van der Waals surface area contributed by atoms with Gasteiger partial charge in [-0.1, -0.05) is 96.0 Å². The van der Waals surface area contributed by atoms with E-state index in [9.17, 15) is 19.5 Å². The predicted octanol–water partition coefficient (Wildman–Crippen LogP) is 5.06. The first-order valence-electron chi connectivity index (χ1n) is 22.2. The topological polar surface area (TPSA) is 142 Å². The average molecular weight is 800 g/mol. The number of ether oxygens (including phenoxy) is 3. The van der Waals surface area contributed by atoms with Gasteiger partial charge < -0.3 is 34.9 Å². The van der Waals surface area contributed by atoms with Gasteiger partial charge >= 0.3 is 0 Å². The zero-order chi connectivity index (χ0) is 41.2. The molecule has 2 heterocycles. The number of morpholine rings is 1. The number of amides is 3. The quantitative estimate of drug-likeness (QED) is 0.112. The van der Waals surface area contributed by atoms with E-state index in [1.807, 2.05) is 49.1 Å². The van der Waals surface area contributed by atoms with E-state index in [2.05, 4.69) is 41.6 Å². The number of nitrogens with one attached hydrogen (secondary N) is 3. The highest BCUT2D eigenvalue weighted by Crippen LogP contribution is 2.30. The summed E-state index contributed by atoms with van der Waals surface area (Å²) < 4.78 is 16.4. The number of carbonyl (C=O) groups excluding carboxylic acids is 3. The molecule has 12 heteroatoms. The third kappa shape index (κ3) is 15.5. The molecule has 0 unspecified atom stereocenters. The van der Waals surface area contributed by atoms with Crippen molar-refractivity contribution in [1.82, 2.24) is 25.8 Å². The largest absolute Gasteiger partial charge is 0.391 e. The zero-order valence-electron chi connectivity index (χ0n) is 36.1. The van der Waals surface area contributed by atoms with E-state index < -0.39 is 30.1 Å². The Kier molecular flexibility index (Phi) is 20.2. The van der Waals surface area contributed by atoms with Gasteiger partial charge in [-0.15, -0.1) is 0 Å². The summed E-state index contributed by atoms with van der Waals surface area (Å²) in [6.45, 7) is 15.4. The molecular weight excluding hydrogens is 723 g/mol. The zero-order valence-corrected chi connectivity index (χ0v) is 36.1. The number of carbonyl (C=O) groups is 3. The molecule has 12 nitrogen and oxygen atoms in total. The highest BCUT2D eigenvalue weighted by molar-refractivity contribution is 5.86. The van der Waals surface area contributed by atoms with E-state index in [0.29, 0.717) is 58.0 Å². The molecule has 0 spiro atoms. The van der Waals surface area contributed by atoms with Crippen LogP contribution in [0.3, 0.4) is 0 Å². The van der Waals surface area contributed by atoms with Crippen LogP contribution in [0.15, 0.2) is 30.3 Å². The Morgan fingerprint density at radius 1 is 0.947 bits per heavy atom. The van der Waals surface area contributed by atoms with Gasteiger partial charge in [0.1, 0.15) is 6.79 Å². The smallest absolute Gasteiger partial charge is 0.240 e. The maximum atomic E-state index is 14.5. The molecule has 0 bridgehead atoms. The Morgan fingerprint density at radius 2 is 1.63 bits per heavy atom. The number of unbranched alkanes of at least 4 members (excludes halogenated alkanes) is 1. The second kappa shape index (κ2) is 24.5. The first kappa shape index (κ1) is 47.1. The van der Waals surface area contributed by atoms with E-state index in [4.69, 9.17) is 14.2 Å². The maximum absolute atomic E-state index is 14.5. The van der Waals surface area contributed by atoms with Crippen LogP contribution in [0.2, 0.25) is 0 Å². The van der Waals surface area contributed by atoms with Crippen molar-refractivity contribution in [1.29, 1.82) is 0 Å². The van der Waals surface area contributed by atoms with Crippen LogP contribution in [0.1, 0.15) is 117 Å². The Balaban J connectivity index is 1.49. The lowest BCUT2D eigenvalue weighted by molar-refractivity contribution is -0.139. The first-order valence-corrected chi connectivity index (χ1v) is 22.2. The van der Waals surface area contributed by atoms with Crippen molar-refractivity contribution in [2.75, 3.05) is 59.8 Å². The van der Waals surface area contributed by atoms with Crippen molar-refractivity contribution in [3.63, 3.8) is 0 Å². The number of likely N-dealkylation sites (tertiary alicyclic amines) is 1. The number of nitrogens with zero attached hydrogens (tertiary/aromatic N) is 2. The summed E-state index contributed by atoms with van der Waals surface area (Å²) in [7, 11) is 1.61. The van der Waals surface area contributed by atoms with Gasteiger partial charge in [0.2, 0.25) is 17.7 Å². The second-order valence-electron chi connectivity index (χ2n) is 17.8. The molecule has 0 aromatic heterocycles. The van der Waals surface area contributed by atoms with Gasteiger partial charge in [-0.25, -0.2) is 0 Å².